The molecule has 0 amide bonds. The summed E-state index contributed by atoms with van der Waals surface area (Å²) < 4.78 is 4.71. The predicted octanol–water partition coefficient (Wildman–Crippen LogP) is 8.50. The topological polar surface area (TPSA) is 109 Å². The van der Waals surface area contributed by atoms with E-state index < -0.39 is 0 Å². The second kappa shape index (κ2) is 13.2. The summed E-state index contributed by atoms with van der Waals surface area (Å²) in [6.45, 7) is 5.47. The van der Waals surface area contributed by atoms with Gasteiger partial charge in [-0.1, -0.05) is 80.6 Å². The van der Waals surface area contributed by atoms with Crippen molar-refractivity contribution in [2.45, 2.75) is 89.5 Å². The fraction of sp³-hybridized carbons (Fsp3) is 0.435. The van der Waals surface area contributed by atoms with Gasteiger partial charge in [-0.25, -0.2) is 0 Å². The summed E-state index contributed by atoms with van der Waals surface area (Å²) in [6.07, 6.45) is 11.0. The molecule has 55 heavy (non-hydrogen) atoms. The number of hydrogen-bond donors (Lipinski definition) is 5. The van der Waals surface area contributed by atoms with Gasteiger partial charge in [0.25, 0.3) is 0 Å². The van der Waals surface area contributed by atoms with E-state index in [0.717, 1.165) is 95.0 Å². The Kier molecular flexibility index (Phi) is 8.44. The van der Waals surface area contributed by atoms with E-state index in [0.29, 0.717) is 19.5 Å². The van der Waals surface area contributed by atoms with Gasteiger partial charge in [0.15, 0.2) is 0 Å². The van der Waals surface area contributed by atoms with Crippen LogP contribution >= 0.6 is 0 Å². The van der Waals surface area contributed by atoms with Crippen LogP contribution in [0, 0.1) is 10.8 Å². The van der Waals surface area contributed by atoms with Gasteiger partial charge in [0.05, 0.1) is 35.6 Å². The molecule has 0 spiro atoms. The molecule has 5 aromatic rings. The van der Waals surface area contributed by atoms with E-state index in [2.05, 4.69) is 113 Å². The van der Waals surface area contributed by atoms with Crippen molar-refractivity contribution in [1.82, 2.24) is 19.3 Å². The number of nitrogens with zero attached hydrogens (tertiary/aromatic N) is 4. The van der Waals surface area contributed by atoms with Crippen LogP contribution in [0.1, 0.15) is 98.7 Å². The molecule has 2 unspecified atom stereocenters. The summed E-state index contributed by atoms with van der Waals surface area (Å²) in [6, 6.07) is 25.8. The molecular weight excluding hydrogens is 687 g/mol. The number of fused-ring (bicyclic) bond motifs is 11. The number of nitrogens with one attached hydrogen (secondary N) is 1. The summed E-state index contributed by atoms with van der Waals surface area (Å²) in [7, 11) is 0. The number of aromatic nitrogens is 2. The molecule has 2 saturated heterocycles. The highest BCUT2D eigenvalue weighted by molar-refractivity contribution is 5.94. The molecule has 5 aliphatic rings. The molecule has 286 valence electrons. The normalized spacial score (nSPS) is 29.1. The SMILES string of the molecule is CC[C@]12C=C(CO)c3c(CC4Nc5ccccc5CC4c4c5n(c6ccccc46)[C@H]4N(O)CCC[C@@]4(CC)C=C5CO)c4ccccc4n3[C@H]1N(O)CCC2. The average Bonchev–Trinajstić information content (AvgIpc) is 3.73. The van der Waals surface area contributed by atoms with E-state index in [4.69, 9.17) is 0 Å². The van der Waals surface area contributed by atoms with Crippen molar-refractivity contribution in [3.05, 3.63) is 113 Å². The van der Waals surface area contributed by atoms with Gasteiger partial charge in [-0.2, -0.15) is 10.1 Å². The lowest BCUT2D eigenvalue weighted by atomic mass is 9.70. The lowest BCUT2D eigenvalue weighted by molar-refractivity contribution is -0.203. The molecule has 6 atom stereocenters. The monoisotopic (exact) mass is 739 g/mol. The molecule has 0 aliphatic carbocycles. The second-order valence-corrected chi connectivity index (χ2v) is 16.9. The smallest absolute Gasteiger partial charge is 0.119 e. The number of benzene rings is 3. The maximum atomic E-state index is 11.7. The van der Waals surface area contributed by atoms with Crippen LogP contribution in [0.2, 0.25) is 0 Å². The first-order valence-corrected chi connectivity index (χ1v) is 20.5. The largest absolute Gasteiger partial charge is 0.392 e. The molecule has 0 radical (unpaired) electrons. The van der Waals surface area contributed by atoms with E-state index in [9.17, 15) is 20.6 Å². The van der Waals surface area contributed by atoms with Crippen LogP contribution in [0.4, 0.5) is 5.69 Å². The highest BCUT2D eigenvalue weighted by Gasteiger charge is 2.51. The van der Waals surface area contributed by atoms with E-state index in [1.165, 1.54) is 16.7 Å². The second-order valence-electron chi connectivity index (χ2n) is 16.9. The van der Waals surface area contributed by atoms with Crippen LogP contribution in [0.5, 0.6) is 0 Å². The number of anilines is 1. The Hall–Kier alpha value is -4.22. The fourth-order valence-corrected chi connectivity index (χ4v) is 11.9. The van der Waals surface area contributed by atoms with Crippen LogP contribution in [0.25, 0.3) is 33.0 Å². The molecule has 3 aromatic carbocycles. The van der Waals surface area contributed by atoms with Gasteiger partial charge >= 0.3 is 0 Å². The highest BCUT2D eigenvalue weighted by atomic mass is 16.5. The van der Waals surface area contributed by atoms with E-state index >= 15 is 0 Å². The summed E-state index contributed by atoms with van der Waals surface area (Å²) in [5, 5.41) is 55.1. The molecule has 0 saturated carbocycles. The van der Waals surface area contributed by atoms with Crippen molar-refractivity contribution in [3.63, 3.8) is 0 Å². The molecular formula is C46H53N5O4. The minimum atomic E-state index is -0.293. The van der Waals surface area contributed by atoms with E-state index in [1.54, 1.807) is 10.1 Å². The molecule has 2 fully saturated rings. The third-order valence-electron chi connectivity index (χ3n) is 14.4. The van der Waals surface area contributed by atoms with Crippen molar-refractivity contribution in [1.29, 1.82) is 0 Å². The molecule has 2 aromatic heterocycles. The van der Waals surface area contributed by atoms with Crippen LogP contribution in [0.3, 0.4) is 0 Å². The van der Waals surface area contributed by atoms with Gasteiger partial charge in [0, 0.05) is 52.3 Å². The maximum absolute atomic E-state index is 11.7. The number of piperidine rings is 2. The highest BCUT2D eigenvalue weighted by Crippen LogP contribution is 2.57. The van der Waals surface area contributed by atoms with Crippen molar-refractivity contribution in [2.24, 2.45) is 10.8 Å². The van der Waals surface area contributed by atoms with Crippen LogP contribution in [0.15, 0.2) is 84.9 Å². The summed E-state index contributed by atoms with van der Waals surface area (Å²) in [5.41, 5.74) is 10.3. The Morgan fingerprint density at radius 2 is 1.24 bits per heavy atom. The van der Waals surface area contributed by atoms with Crippen LogP contribution < -0.4 is 5.32 Å². The minimum Gasteiger partial charge on any atom is -0.392 e. The lowest BCUT2D eigenvalue weighted by Crippen LogP contribution is -2.49. The third kappa shape index (κ3) is 5.00. The number of hydrogen-bond acceptors (Lipinski definition) is 7. The molecule has 7 heterocycles. The lowest BCUT2D eigenvalue weighted by Gasteiger charge is -2.50. The molecule has 5 N–H and O–H groups in total. The first-order chi connectivity index (χ1) is 26.9. The Balaban J connectivity index is 1.20. The Morgan fingerprint density at radius 1 is 0.691 bits per heavy atom. The number of hydroxylamine groups is 4. The quantitative estimate of drug-likeness (QED) is 0.114. The fourth-order valence-electron chi connectivity index (χ4n) is 11.9. The number of aliphatic hydroxyl groups is 2. The first-order valence-electron chi connectivity index (χ1n) is 20.5. The third-order valence-corrected chi connectivity index (χ3v) is 14.4. The molecule has 9 heteroatoms. The Bertz CT molecular complexity index is 2370. The zero-order chi connectivity index (χ0) is 37.6. The maximum Gasteiger partial charge on any atom is 0.119 e. The minimum absolute atomic E-state index is 0.00840. The van der Waals surface area contributed by atoms with Gasteiger partial charge in [0.2, 0.25) is 0 Å². The van der Waals surface area contributed by atoms with E-state index in [-0.39, 0.29) is 48.3 Å². The molecule has 10 rings (SSSR count). The van der Waals surface area contributed by atoms with Crippen molar-refractivity contribution in [2.75, 3.05) is 31.6 Å². The predicted molar refractivity (Wildman–Crippen MR) is 217 cm³/mol. The van der Waals surface area contributed by atoms with Gasteiger partial charge in [-0.05, 0) is 97.4 Å². The number of rotatable bonds is 7. The van der Waals surface area contributed by atoms with E-state index in [1.807, 2.05) is 0 Å². The van der Waals surface area contributed by atoms with Crippen molar-refractivity contribution in [3.8, 4) is 0 Å². The summed E-state index contributed by atoms with van der Waals surface area (Å²) in [4.78, 5) is 0. The Morgan fingerprint density at radius 3 is 1.87 bits per heavy atom. The van der Waals surface area contributed by atoms with Gasteiger partial charge < -0.3 is 35.1 Å². The number of aliphatic hydroxyl groups excluding tert-OH is 2. The number of para-hydroxylation sites is 3. The van der Waals surface area contributed by atoms with Gasteiger partial charge in [0.1, 0.15) is 12.3 Å². The Labute approximate surface area is 322 Å². The standard InChI is InChI=1S/C46H53N5O4/c1-3-45-19-11-21-48(54)43(45)50-38-17-9-6-14-32(38)34(41(50)30(25-45)27-52)24-37-35(23-29-13-5-8-16-36(29)47-37)40-33-15-7-10-18-39(33)51-42(40)31(28-53)26-46(4-2)20-12-22-49(55)44(46)51/h5-10,13-18,25-26,35,37,43-44,47,52-55H,3-4,11-12,19-24,27-28H2,1-2H3/t35?,37?,43-,44-,45+,46+/m1/s1. The molecule has 9 nitrogen and oxygen atoms in total. The average molecular weight is 740 g/mol. The molecule has 5 aliphatic heterocycles. The van der Waals surface area contributed by atoms with Gasteiger partial charge in [-0.15, -0.1) is 0 Å². The van der Waals surface area contributed by atoms with Crippen molar-refractivity contribution >= 4 is 38.6 Å². The van der Waals surface area contributed by atoms with Gasteiger partial charge in [-0.3, -0.25) is 0 Å². The first kappa shape index (κ1) is 35.2. The van der Waals surface area contributed by atoms with Crippen molar-refractivity contribution < 1.29 is 20.6 Å². The van der Waals surface area contributed by atoms with Crippen LogP contribution in [-0.2, 0) is 12.8 Å². The molecule has 0 bridgehead atoms. The zero-order valence-corrected chi connectivity index (χ0v) is 32.0. The van der Waals surface area contributed by atoms with Crippen LogP contribution in [-0.4, -0.2) is 72.2 Å². The summed E-state index contributed by atoms with van der Waals surface area (Å²) >= 11 is 0. The zero-order valence-electron chi connectivity index (χ0n) is 32.0. The summed E-state index contributed by atoms with van der Waals surface area (Å²) in [5.74, 6) is 0.00840.